The summed E-state index contributed by atoms with van der Waals surface area (Å²) in [6.45, 7) is 0.494. The van der Waals surface area contributed by atoms with Crippen LogP contribution < -0.4 is 11.1 Å². The van der Waals surface area contributed by atoms with Crippen LogP contribution in [0, 0.1) is 0 Å². The summed E-state index contributed by atoms with van der Waals surface area (Å²) in [6, 6.07) is 15.7. The van der Waals surface area contributed by atoms with E-state index in [0.717, 1.165) is 15.7 Å². The Balaban J connectivity index is 2.26. The predicted octanol–water partition coefficient (Wildman–Crippen LogP) is 4.21. The second-order valence-corrected chi connectivity index (χ2v) is 5.20. The van der Waals surface area contributed by atoms with Crippen LogP contribution in [0.25, 0.3) is 0 Å². The zero-order chi connectivity index (χ0) is 13.0. The van der Waals surface area contributed by atoms with E-state index in [-0.39, 0.29) is 6.04 Å². The minimum atomic E-state index is 0.0282. The molecule has 2 aromatic rings. The third-order valence-electron chi connectivity index (χ3n) is 2.72. The lowest BCUT2D eigenvalue weighted by Gasteiger charge is -2.20. The fourth-order valence-corrected chi connectivity index (χ4v) is 2.54. The standard InChI is InChI=1S/C14H14BrClN2/c15-11-6-2-1-5-10(11)14(9-17)18-13-8-4-3-7-12(13)16/h1-8,14,18H,9,17H2. The largest absolute Gasteiger partial charge is 0.376 e. The highest BCUT2D eigenvalue weighted by Crippen LogP contribution is 2.28. The predicted molar refractivity (Wildman–Crippen MR) is 81.0 cm³/mol. The Hall–Kier alpha value is -1.03. The zero-order valence-corrected chi connectivity index (χ0v) is 12.1. The Bertz CT molecular complexity index is 531. The van der Waals surface area contributed by atoms with Gasteiger partial charge in [-0.1, -0.05) is 57.9 Å². The van der Waals surface area contributed by atoms with Crippen molar-refractivity contribution < 1.29 is 0 Å². The lowest BCUT2D eigenvalue weighted by atomic mass is 10.1. The maximum Gasteiger partial charge on any atom is 0.0647 e. The van der Waals surface area contributed by atoms with E-state index in [1.165, 1.54) is 0 Å². The molecule has 0 aliphatic heterocycles. The third kappa shape index (κ3) is 3.05. The summed E-state index contributed by atoms with van der Waals surface area (Å²) in [5, 5.41) is 4.06. The molecule has 1 unspecified atom stereocenters. The van der Waals surface area contributed by atoms with E-state index < -0.39 is 0 Å². The van der Waals surface area contributed by atoms with E-state index in [4.69, 9.17) is 17.3 Å². The number of para-hydroxylation sites is 1. The number of benzene rings is 2. The summed E-state index contributed by atoms with van der Waals surface area (Å²) in [7, 11) is 0. The number of nitrogens with two attached hydrogens (primary N) is 1. The van der Waals surface area contributed by atoms with Crippen LogP contribution in [0.15, 0.2) is 53.0 Å². The van der Waals surface area contributed by atoms with Crippen LogP contribution in [-0.4, -0.2) is 6.54 Å². The molecule has 0 aliphatic rings. The minimum Gasteiger partial charge on any atom is -0.376 e. The third-order valence-corrected chi connectivity index (χ3v) is 3.77. The summed E-state index contributed by atoms with van der Waals surface area (Å²) < 4.78 is 1.04. The number of halogens is 2. The van der Waals surface area contributed by atoms with Gasteiger partial charge < -0.3 is 11.1 Å². The van der Waals surface area contributed by atoms with Crippen molar-refractivity contribution in [2.45, 2.75) is 6.04 Å². The first-order valence-corrected chi connectivity index (χ1v) is 6.85. The maximum atomic E-state index is 6.14. The van der Waals surface area contributed by atoms with Crippen LogP contribution in [0.5, 0.6) is 0 Å². The molecule has 2 aromatic carbocycles. The Morgan fingerprint density at radius 1 is 1.11 bits per heavy atom. The van der Waals surface area contributed by atoms with Crippen molar-refractivity contribution in [2.75, 3.05) is 11.9 Å². The molecule has 0 saturated heterocycles. The molecule has 2 nitrogen and oxygen atoms in total. The molecule has 0 aliphatic carbocycles. The van der Waals surface area contributed by atoms with Crippen molar-refractivity contribution >= 4 is 33.2 Å². The highest BCUT2D eigenvalue weighted by Gasteiger charge is 2.13. The molecule has 94 valence electrons. The van der Waals surface area contributed by atoms with Gasteiger partial charge in [-0.05, 0) is 23.8 Å². The first-order chi connectivity index (χ1) is 8.72. The van der Waals surface area contributed by atoms with Crippen LogP contribution in [0.2, 0.25) is 5.02 Å². The molecule has 4 heteroatoms. The topological polar surface area (TPSA) is 38.0 Å². The molecule has 0 heterocycles. The second kappa shape index (κ2) is 6.23. The summed E-state index contributed by atoms with van der Waals surface area (Å²) in [6.07, 6.45) is 0. The Morgan fingerprint density at radius 3 is 2.44 bits per heavy atom. The summed E-state index contributed by atoms with van der Waals surface area (Å²) >= 11 is 9.68. The lowest BCUT2D eigenvalue weighted by Crippen LogP contribution is -2.21. The van der Waals surface area contributed by atoms with E-state index >= 15 is 0 Å². The van der Waals surface area contributed by atoms with Crippen LogP contribution in [0.3, 0.4) is 0 Å². The van der Waals surface area contributed by atoms with Crippen molar-refractivity contribution in [3.8, 4) is 0 Å². The SMILES string of the molecule is NCC(Nc1ccccc1Cl)c1ccccc1Br. The molecule has 0 fully saturated rings. The number of anilines is 1. The summed E-state index contributed by atoms with van der Waals surface area (Å²) in [5.41, 5.74) is 7.86. The van der Waals surface area contributed by atoms with Gasteiger partial charge in [-0.3, -0.25) is 0 Å². The number of rotatable bonds is 4. The van der Waals surface area contributed by atoms with Crippen LogP contribution in [0.4, 0.5) is 5.69 Å². The quantitative estimate of drug-likeness (QED) is 0.883. The van der Waals surface area contributed by atoms with Crippen molar-refractivity contribution in [2.24, 2.45) is 5.73 Å². The number of hydrogen-bond donors (Lipinski definition) is 2. The molecule has 3 N–H and O–H groups in total. The fourth-order valence-electron chi connectivity index (χ4n) is 1.79. The Labute approximate surface area is 120 Å². The minimum absolute atomic E-state index is 0.0282. The van der Waals surface area contributed by atoms with Gasteiger partial charge in [0.2, 0.25) is 0 Å². The van der Waals surface area contributed by atoms with Gasteiger partial charge >= 0.3 is 0 Å². The monoisotopic (exact) mass is 324 g/mol. The van der Waals surface area contributed by atoms with Crippen LogP contribution >= 0.6 is 27.5 Å². The smallest absolute Gasteiger partial charge is 0.0647 e. The van der Waals surface area contributed by atoms with Gasteiger partial charge in [-0.15, -0.1) is 0 Å². The molecular weight excluding hydrogens is 312 g/mol. The van der Waals surface area contributed by atoms with Crippen molar-refractivity contribution in [1.29, 1.82) is 0 Å². The zero-order valence-electron chi connectivity index (χ0n) is 9.74. The van der Waals surface area contributed by atoms with Crippen molar-refractivity contribution in [1.82, 2.24) is 0 Å². The summed E-state index contributed by atoms with van der Waals surface area (Å²) in [5.74, 6) is 0. The van der Waals surface area contributed by atoms with Crippen LogP contribution in [-0.2, 0) is 0 Å². The number of nitrogens with one attached hydrogen (secondary N) is 1. The second-order valence-electron chi connectivity index (χ2n) is 3.93. The Kier molecular flexibility index (Phi) is 4.64. The van der Waals surface area contributed by atoms with Crippen molar-refractivity contribution in [3.63, 3.8) is 0 Å². The van der Waals surface area contributed by atoms with Gasteiger partial charge in [0.25, 0.3) is 0 Å². The average molecular weight is 326 g/mol. The molecule has 0 aromatic heterocycles. The molecule has 1 atom stereocenters. The van der Waals surface area contributed by atoms with Gasteiger partial charge in [-0.2, -0.15) is 0 Å². The van der Waals surface area contributed by atoms with Gasteiger partial charge in [-0.25, -0.2) is 0 Å². The molecule has 0 amide bonds. The molecule has 0 radical (unpaired) electrons. The van der Waals surface area contributed by atoms with Gasteiger partial charge in [0.1, 0.15) is 0 Å². The van der Waals surface area contributed by atoms with E-state index in [1.807, 2.05) is 48.5 Å². The number of hydrogen-bond acceptors (Lipinski definition) is 2. The fraction of sp³-hybridized carbons (Fsp3) is 0.143. The average Bonchev–Trinajstić information content (AvgIpc) is 2.39. The van der Waals surface area contributed by atoms with E-state index in [1.54, 1.807) is 0 Å². The normalized spacial score (nSPS) is 12.2. The highest BCUT2D eigenvalue weighted by molar-refractivity contribution is 9.10. The van der Waals surface area contributed by atoms with E-state index in [9.17, 15) is 0 Å². The molecule has 2 rings (SSSR count). The molecular formula is C14H14BrClN2. The molecule has 18 heavy (non-hydrogen) atoms. The molecule has 0 spiro atoms. The van der Waals surface area contributed by atoms with E-state index in [0.29, 0.717) is 11.6 Å². The van der Waals surface area contributed by atoms with E-state index in [2.05, 4.69) is 21.2 Å². The summed E-state index contributed by atoms with van der Waals surface area (Å²) in [4.78, 5) is 0. The highest BCUT2D eigenvalue weighted by atomic mass is 79.9. The van der Waals surface area contributed by atoms with Gasteiger partial charge in [0, 0.05) is 11.0 Å². The van der Waals surface area contributed by atoms with Crippen LogP contribution in [0.1, 0.15) is 11.6 Å². The molecule has 0 saturated carbocycles. The molecule has 0 bridgehead atoms. The first kappa shape index (κ1) is 13.4. The van der Waals surface area contributed by atoms with Crippen molar-refractivity contribution in [3.05, 3.63) is 63.6 Å². The first-order valence-electron chi connectivity index (χ1n) is 5.68. The Morgan fingerprint density at radius 2 is 1.78 bits per heavy atom. The van der Waals surface area contributed by atoms with Gasteiger partial charge in [0.05, 0.1) is 16.8 Å². The van der Waals surface area contributed by atoms with Gasteiger partial charge in [0.15, 0.2) is 0 Å². The maximum absolute atomic E-state index is 6.14. The lowest BCUT2D eigenvalue weighted by molar-refractivity contribution is 0.786.